The van der Waals surface area contributed by atoms with Crippen LogP contribution in [0.2, 0.25) is 0 Å². The fourth-order valence-corrected chi connectivity index (χ4v) is 2.55. The second kappa shape index (κ2) is 5.71. The number of hydrogen-bond donors (Lipinski definition) is 1. The summed E-state index contributed by atoms with van der Waals surface area (Å²) in [6.07, 6.45) is 2.56. The first-order valence-corrected chi connectivity index (χ1v) is 6.88. The highest BCUT2D eigenvalue weighted by atomic mass is 79.9. The summed E-state index contributed by atoms with van der Waals surface area (Å²) >= 11 is 4.77. The lowest BCUT2D eigenvalue weighted by Crippen LogP contribution is -2.18. The van der Waals surface area contributed by atoms with Gasteiger partial charge in [0.25, 0.3) is 0 Å². The van der Waals surface area contributed by atoms with Crippen LogP contribution in [0.4, 0.5) is 4.39 Å². The van der Waals surface area contributed by atoms with E-state index in [9.17, 15) is 4.39 Å². The largest absolute Gasteiger partial charge is 0.313 e. The molecule has 90 valence electrons. The number of halogens is 2. The molecule has 5 heteroatoms. The van der Waals surface area contributed by atoms with Crippen LogP contribution in [0.15, 0.2) is 34.2 Å². The van der Waals surface area contributed by atoms with Gasteiger partial charge in [0.2, 0.25) is 0 Å². The third-order valence-corrected chi connectivity index (χ3v) is 4.00. The molecule has 0 bridgehead atoms. The van der Waals surface area contributed by atoms with Gasteiger partial charge in [0.15, 0.2) is 0 Å². The van der Waals surface area contributed by atoms with Crippen LogP contribution in [0.25, 0.3) is 0 Å². The fourth-order valence-electron chi connectivity index (χ4n) is 1.64. The molecule has 0 radical (unpaired) electrons. The van der Waals surface area contributed by atoms with Crippen molar-refractivity contribution in [1.29, 1.82) is 0 Å². The third kappa shape index (κ3) is 3.12. The average molecular weight is 315 g/mol. The van der Waals surface area contributed by atoms with E-state index >= 15 is 0 Å². The Hall–Kier alpha value is -0.780. The molecule has 1 heterocycles. The minimum Gasteiger partial charge on any atom is -0.313 e. The zero-order chi connectivity index (χ0) is 12.3. The van der Waals surface area contributed by atoms with E-state index in [0.29, 0.717) is 4.47 Å². The van der Waals surface area contributed by atoms with E-state index < -0.39 is 0 Å². The van der Waals surface area contributed by atoms with Crippen molar-refractivity contribution in [2.75, 3.05) is 7.05 Å². The average Bonchev–Trinajstić information content (AvgIpc) is 2.82. The summed E-state index contributed by atoms with van der Waals surface area (Å²) in [6.45, 7) is 0. The molecule has 1 N–H and O–H groups in total. The maximum absolute atomic E-state index is 13.5. The second-order valence-corrected chi connectivity index (χ2v) is 5.48. The van der Waals surface area contributed by atoms with Gasteiger partial charge < -0.3 is 5.32 Å². The maximum Gasteiger partial charge on any atom is 0.137 e. The van der Waals surface area contributed by atoms with Crippen LogP contribution in [-0.4, -0.2) is 12.0 Å². The van der Waals surface area contributed by atoms with Gasteiger partial charge in [-0.25, -0.2) is 9.37 Å². The molecule has 1 atom stereocenters. The van der Waals surface area contributed by atoms with E-state index in [1.54, 1.807) is 29.7 Å². The molecule has 0 saturated heterocycles. The Morgan fingerprint density at radius 3 is 2.94 bits per heavy atom. The molecule has 0 aliphatic carbocycles. The summed E-state index contributed by atoms with van der Waals surface area (Å²) in [6, 6.07) is 5.29. The first-order chi connectivity index (χ1) is 8.20. The van der Waals surface area contributed by atoms with Crippen molar-refractivity contribution in [3.63, 3.8) is 0 Å². The molecule has 0 spiro atoms. The maximum atomic E-state index is 13.5. The van der Waals surface area contributed by atoms with Gasteiger partial charge in [-0.05, 0) is 40.7 Å². The zero-order valence-electron chi connectivity index (χ0n) is 9.28. The zero-order valence-corrected chi connectivity index (χ0v) is 11.7. The highest BCUT2D eigenvalue weighted by Gasteiger charge is 2.13. The summed E-state index contributed by atoms with van der Waals surface area (Å²) in [7, 11) is 1.87. The van der Waals surface area contributed by atoms with Crippen molar-refractivity contribution in [3.8, 4) is 0 Å². The van der Waals surface area contributed by atoms with Crippen LogP contribution >= 0.6 is 27.3 Å². The first-order valence-electron chi connectivity index (χ1n) is 5.21. The van der Waals surface area contributed by atoms with Crippen molar-refractivity contribution in [2.24, 2.45) is 0 Å². The van der Waals surface area contributed by atoms with Gasteiger partial charge in [0.1, 0.15) is 5.82 Å². The summed E-state index contributed by atoms with van der Waals surface area (Å²) in [5.41, 5.74) is 0.934. The van der Waals surface area contributed by atoms with Crippen molar-refractivity contribution < 1.29 is 4.39 Å². The molecule has 1 unspecified atom stereocenters. The van der Waals surface area contributed by atoms with Crippen LogP contribution in [-0.2, 0) is 6.42 Å². The molecule has 0 aliphatic heterocycles. The van der Waals surface area contributed by atoms with Gasteiger partial charge in [-0.3, -0.25) is 0 Å². The molecule has 1 aromatic carbocycles. The SMILES string of the molecule is CNC(Cc1nccs1)c1ccc(Br)c(F)c1. The molecule has 0 fully saturated rings. The van der Waals surface area contributed by atoms with E-state index in [0.717, 1.165) is 17.0 Å². The second-order valence-electron chi connectivity index (χ2n) is 3.64. The Morgan fingerprint density at radius 2 is 2.35 bits per heavy atom. The number of aromatic nitrogens is 1. The van der Waals surface area contributed by atoms with Crippen LogP contribution in [0.1, 0.15) is 16.6 Å². The standard InChI is InChI=1S/C12H12BrFN2S/c1-15-11(7-12-16-4-5-17-12)8-2-3-9(13)10(14)6-8/h2-6,11,15H,7H2,1H3. The number of benzene rings is 1. The Labute approximate surface area is 112 Å². The molecule has 2 rings (SSSR count). The van der Waals surface area contributed by atoms with Crippen molar-refractivity contribution in [2.45, 2.75) is 12.5 Å². The molecule has 0 amide bonds. The lowest BCUT2D eigenvalue weighted by molar-refractivity contribution is 0.574. The van der Waals surface area contributed by atoms with Crippen LogP contribution in [0, 0.1) is 5.82 Å². The highest BCUT2D eigenvalue weighted by Crippen LogP contribution is 2.23. The predicted molar refractivity (Wildman–Crippen MR) is 71.7 cm³/mol. The van der Waals surface area contributed by atoms with Gasteiger partial charge in [-0.1, -0.05) is 6.07 Å². The minimum atomic E-state index is -0.234. The molecular weight excluding hydrogens is 303 g/mol. The van der Waals surface area contributed by atoms with Gasteiger partial charge in [-0.15, -0.1) is 11.3 Å². The minimum absolute atomic E-state index is 0.0868. The monoisotopic (exact) mass is 314 g/mol. The molecule has 2 nitrogen and oxygen atoms in total. The first kappa shape index (κ1) is 12.7. The number of hydrogen-bond acceptors (Lipinski definition) is 3. The molecule has 17 heavy (non-hydrogen) atoms. The Balaban J connectivity index is 2.20. The number of nitrogens with one attached hydrogen (secondary N) is 1. The van der Waals surface area contributed by atoms with E-state index in [1.165, 1.54) is 0 Å². The fraction of sp³-hybridized carbons (Fsp3) is 0.250. The Kier molecular flexibility index (Phi) is 4.25. The topological polar surface area (TPSA) is 24.9 Å². The van der Waals surface area contributed by atoms with E-state index in [2.05, 4.69) is 26.2 Å². The molecule has 0 aliphatic rings. The van der Waals surface area contributed by atoms with Crippen LogP contribution < -0.4 is 5.32 Å². The third-order valence-electron chi connectivity index (χ3n) is 2.56. The number of rotatable bonds is 4. The van der Waals surface area contributed by atoms with Gasteiger partial charge in [0, 0.05) is 24.0 Å². The molecule has 2 aromatic rings. The molecular formula is C12H12BrFN2S. The predicted octanol–water partition coefficient (Wildman–Crippen LogP) is 3.55. The van der Waals surface area contributed by atoms with Crippen LogP contribution in [0.3, 0.4) is 0 Å². The van der Waals surface area contributed by atoms with E-state index in [4.69, 9.17) is 0 Å². The summed E-state index contributed by atoms with van der Waals surface area (Å²) in [5.74, 6) is -0.234. The number of likely N-dealkylation sites (N-methyl/N-ethyl adjacent to an activating group) is 1. The van der Waals surface area contributed by atoms with Gasteiger partial charge in [0.05, 0.1) is 9.48 Å². The normalized spacial score (nSPS) is 12.6. The van der Waals surface area contributed by atoms with Gasteiger partial charge >= 0.3 is 0 Å². The summed E-state index contributed by atoms with van der Waals surface area (Å²) in [5, 5.41) is 6.19. The molecule has 0 saturated carbocycles. The molecule has 1 aromatic heterocycles. The van der Waals surface area contributed by atoms with Gasteiger partial charge in [-0.2, -0.15) is 0 Å². The van der Waals surface area contributed by atoms with Crippen molar-refractivity contribution in [3.05, 3.63) is 50.6 Å². The van der Waals surface area contributed by atoms with E-state index in [1.807, 2.05) is 18.5 Å². The quantitative estimate of drug-likeness (QED) is 0.933. The Bertz CT molecular complexity index is 487. The lowest BCUT2D eigenvalue weighted by Gasteiger charge is -2.15. The highest BCUT2D eigenvalue weighted by molar-refractivity contribution is 9.10. The van der Waals surface area contributed by atoms with Crippen molar-refractivity contribution in [1.82, 2.24) is 10.3 Å². The van der Waals surface area contributed by atoms with Crippen molar-refractivity contribution >= 4 is 27.3 Å². The summed E-state index contributed by atoms with van der Waals surface area (Å²) < 4.78 is 14.0. The lowest BCUT2D eigenvalue weighted by atomic mass is 10.0. The number of nitrogens with zero attached hydrogens (tertiary/aromatic N) is 1. The smallest absolute Gasteiger partial charge is 0.137 e. The van der Waals surface area contributed by atoms with Crippen LogP contribution in [0.5, 0.6) is 0 Å². The summed E-state index contributed by atoms with van der Waals surface area (Å²) in [4.78, 5) is 4.24. The van der Waals surface area contributed by atoms with E-state index in [-0.39, 0.29) is 11.9 Å². The number of thiazole rings is 1. The Morgan fingerprint density at radius 1 is 1.53 bits per heavy atom.